The molecule has 6 unspecified atom stereocenters. The molecule has 2 aliphatic heterocycles. The van der Waals surface area contributed by atoms with Gasteiger partial charge in [-0.3, -0.25) is 0 Å². The lowest BCUT2D eigenvalue weighted by Crippen LogP contribution is -2.65. The van der Waals surface area contributed by atoms with Crippen LogP contribution in [0, 0.1) is 0 Å². The van der Waals surface area contributed by atoms with Gasteiger partial charge in [0.05, 0.1) is 19.3 Å². The van der Waals surface area contributed by atoms with E-state index in [1.165, 1.54) is 43.3 Å². The predicted octanol–water partition coefficient (Wildman–Crippen LogP) is -1.02. The minimum absolute atomic E-state index is 0.0754. The van der Waals surface area contributed by atoms with E-state index >= 15 is 0 Å². The van der Waals surface area contributed by atoms with Gasteiger partial charge in [-0.15, -0.1) is 0 Å². The van der Waals surface area contributed by atoms with Crippen LogP contribution in [0.1, 0.15) is 18.1 Å². The van der Waals surface area contributed by atoms with E-state index in [1.807, 2.05) is 0 Å². The average Bonchev–Trinajstić information content (AvgIpc) is 2.99. The molecule has 15 heteroatoms. The maximum absolute atomic E-state index is 12.8. The number of rotatable bonds is 10. The summed E-state index contributed by atoms with van der Waals surface area (Å²) in [5.74, 6) is -2.40. The summed E-state index contributed by atoms with van der Waals surface area (Å²) < 4.78 is 28.2. The molecule has 0 aliphatic carbocycles. The van der Waals surface area contributed by atoms with Gasteiger partial charge in [0.1, 0.15) is 36.6 Å². The van der Waals surface area contributed by atoms with E-state index in [0.717, 1.165) is 6.08 Å². The minimum atomic E-state index is -1.77. The summed E-state index contributed by atoms with van der Waals surface area (Å²) in [5, 5.41) is 90.5. The highest BCUT2D eigenvalue weighted by atomic mass is 16.7. The first-order chi connectivity index (χ1) is 20.9. The Hall–Kier alpha value is -3.51. The molecule has 0 aromatic heterocycles. The summed E-state index contributed by atoms with van der Waals surface area (Å²) in [5.41, 5.74) is 0.914. The summed E-state index contributed by atoms with van der Waals surface area (Å²) >= 11 is 0. The first kappa shape index (κ1) is 33.4. The fourth-order valence-electron chi connectivity index (χ4n) is 4.76. The SMILES string of the molecule is CC1O[C@@H](OC2C(O)[C@H](OCCc3ccc(O)c(O)c3)OC(CO)[C@H]2OC(=O)/C=C/c2ccc(O)c(O)c2)C(O)C(O)[C@H]1O. The van der Waals surface area contributed by atoms with E-state index in [-0.39, 0.29) is 30.3 Å². The van der Waals surface area contributed by atoms with Gasteiger partial charge >= 0.3 is 5.97 Å². The summed E-state index contributed by atoms with van der Waals surface area (Å²) in [6.07, 6.45) is -12.6. The molecule has 4 rings (SSSR count). The van der Waals surface area contributed by atoms with Crippen molar-refractivity contribution in [3.05, 3.63) is 53.6 Å². The van der Waals surface area contributed by atoms with Gasteiger partial charge in [-0.25, -0.2) is 4.79 Å². The van der Waals surface area contributed by atoms with Crippen LogP contribution in [0.5, 0.6) is 23.0 Å². The smallest absolute Gasteiger partial charge is 0.331 e. The zero-order valence-corrected chi connectivity index (χ0v) is 23.5. The number of hydrogen-bond acceptors (Lipinski definition) is 15. The third kappa shape index (κ3) is 7.76. The molecular formula is C29H36O15. The van der Waals surface area contributed by atoms with Crippen LogP contribution in [0.15, 0.2) is 42.5 Å². The van der Waals surface area contributed by atoms with Crippen molar-refractivity contribution in [3.8, 4) is 23.0 Å². The fourth-order valence-corrected chi connectivity index (χ4v) is 4.76. The molecule has 2 aliphatic rings. The third-order valence-electron chi connectivity index (χ3n) is 7.27. The Balaban J connectivity index is 1.52. The predicted molar refractivity (Wildman–Crippen MR) is 147 cm³/mol. The first-order valence-electron chi connectivity index (χ1n) is 13.7. The second kappa shape index (κ2) is 14.5. The highest BCUT2D eigenvalue weighted by molar-refractivity contribution is 5.87. The monoisotopic (exact) mass is 624 g/mol. The van der Waals surface area contributed by atoms with Gasteiger partial charge in [0.2, 0.25) is 0 Å². The van der Waals surface area contributed by atoms with Gasteiger partial charge in [0.25, 0.3) is 0 Å². The number of aliphatic hydroxyl groups excluding tert-OH is 5. The lowest BCUT2D eigenvalue weighted by molar-refractivity contribution is -0.357. The number of benzene rings is 2. The van der Waals surface area contributed by atoms with Crippen LogP contribution in [0.25, 0.3) is 6.08 Å². The molecule has 2 heterocycles. The molecule has 0 radical (unpaired) electrons. The molecular weight excluding hydrogens is 588 g/mol. The largest absolute Gasteiger partial charge is 0.504 e. The van der Waals surface area contributed by atoms with Crippen molar-refractivity contribution < 1.29 is 74.4 Å². The van der Waals surface area contributed by atoms with Crippen LogP contribution >= 0.6 is 0 Å². The van der Waals surface area contributed by atoms with Crippen LogP contribution in [-0.4, -0.2) is 127 Å². The topological polar surface area (TPSA) is 245 Å². The van der Waals surface area contributed by atoms with E-state index in [1.54, 1.807) is 6.07 Å². The number of carbonyl (C=O) groups is 1. The minimum Gasteiger partial charge on any atom is -0.504 e. The van der Waals surface area contributed by atoms with Gasteiger partial charge in [0, 0.05) is 6.08 Å². The van der Waals surface area contributed by atoms with Crippen molar-refractivity contribution in [2.45, 2.75) is 74.8 Å². The Morgan fingerprint density at radius 3 is 2.16 bits per heavy atom. The first-order valence-corrected chi connectivity index (χ1v) is 13.7. The number of hydrogen-bond donors (Lipinski definition) is 9. The molecule has 2 fully saturated rings. The molecule has 0 saturated carbocycles. The highest BCUT2D eigenvalue weighted by Gasteiger charge is 2.52. The van der Waals surface area contributed by atoms with Crippen LogP contribution in [-0.2, 0) is 34.9 Å². The molecule has 0 bridgehead atoms. The van der Waals surface area contributed by atoms with Gasteiger partial charge in [-0.1, -0.05) is 12.1 Å². The van der Waals surface area contributed by atoms with Crippen molar-refractivity contribution in [2.75, 3.05) is 13.2 Å². The molecule has 15 nitrogen and oxygen atoms in total. The molecule has 9 N–H and O–H groups in total. The van der Waals surface area contributed by atoms with Gasteiger partial charge in [0.15, 0.2) is 41.7 Å². The van der Waals surface area contributed by atoms with E-state index < -0.39 is 79.7 Å². The van der Waals surface area contributed by atoms with Crippen molar-refractivity contribution in [1.29, 1.82) is 0 Å². The van der Waals surface area contributed by atoms with Crippen LogP contribution in [0.4, 0.5) is 0 Å². The molecule has 2 saturated heterocycles. The third-order valence-corrected chi connectivity index (χ3v) is 7.27. The maximum Gasteiger partial charge on any atom is 0.331 e. The van der Waals surface area contributed by atoms with E-state index in [4.69, 9.17) is 23.7 Å². The Bertz CT molecular complexity index is 1300. The second-order valence-corrected chi connectivity index (χ2v) is 10.4. The molecule has 0 spiro atoms. The summed E-state index contributed by atoms with van der Waals surface area (Å²) in [6, 6.07) is 7.98. The van der Waals surface area contributed by atoms with Crippen molar-refractivity contribution in [1.82, 2.24) is 0 Å². The van der Waals surface area contributed by atoms with E-state index in [2.05, 4.69) is 0 Å². The number of phenols is 4. The quantitative estimate of drug-likeness (QED) is 0.0873. The van der Waals surface area contributed by atoms with Crippen LogP contribution in [0.2, 0.25) is 0 Å². The molecule has 2 aromatic carbocycles. The Labute approximate surface area is 251 Å². The zero-order chi connectivity index (χ0) is 32.1. The lowest BCUT2D eigenvalue weighted by Gasteiger charge is -2.46. The Morgan fingerprint density at radius 1 is 0.818 bits per heavy atom. The maximum atomic E-state index is 12.8. The van der Waals surface area contributed by atoms with Crippen molar-refractivity contribution >= 4 is 12.0 Å². The van der Waals surface area contributed by atoms with Crippen LogP contribution < -0.4 is 0 Å². The van der Waals surface area contributed by atoms with Gasteiger partial charge in [-0.2, -0.15) is 0 Å². The van der Waals surface area contributed by atoms with E-state index in [9.17, 15) is 50.8 Å². The molecule has 2 aromatic rings. The molecule has 10 atom stereocenters. The average molecular weight is 625 g/mol. The standard InChI is InChI=1S/C29H36O15/c1-13-22(36)23(37)24(38)29(41-13)44-27-25(39)28(40-9-8-15-3-6-17(32)19(34)11-15)42-20(12-30)26(27)43-21(35)7-4-14-2-5-16(31)18(33)10-14/h2-7,10-11,13,20,22-34,36-39H,8-9,12H2,1H3/b7-4+/t13?,20?,22-,23?,24?,25?,26+,27?,28+,29-/m0/s1. The van der Waals surface area contributed by atoms with Gasteiger partial charge < -0.3 is 69.6 Å². The molecule has 242 valence electrons. The number of aromatic hydroxyl groups is 4. The van der Waals surface area contributed by atoms with Crippen molar-refractivity contribution in [2.24, 2.45) is 0 Å². The van der Waals surface area contributed by atoms with Crippen LogP contribution in [0.3, 0.4) is 0 Å². The summed E-state index contributed by atoms with van der Waals surface area (Å²) in [4.78, 5) is 12.8. The Kier molecular flexibility index (Phi) is 11.0. The summed E-state index contributed by atoms with van der Waals surface area (Å²) in [7, 11) is 0. The van der Waals surface area contributed by atoms with Gasteiger partial charge in [-0.05, 0) is 54.8 Å². The fraction of sp³-hybridized carbons (Fsp3) is 0.483. The van der Waals surface area contributed by atoms with Crippen molar-refractivity contribution in [3.63, 3.8) is 0 Å². The number of carbonyl (C=O) groups excluding carboxylic acids is 1. The number of aliphatic hydroxyl groups is 5. The zero-order valence-electron chi connectivity index (χ0n) is 23.5. The lowest BCUT2D eigenvalue weighted by atomic mass is 9.97. The number of ether oxygens (including phenoxy) is 5. The second-order valence-electron chi connectivity index (χ2n) is 10.4. The van der Waals surface area contributed by atoms with E-state index in [0.29, 0.717) is 11.1 Å². The molecule has 0 amide bonds. The Morgan fingerprint density at radius 2 is 1.50 bits per heavy atom. The summed E-state index contributed by atoms with van der Waals surface area (Å²) in [6.45, 7) is 0.606. The number of esters is 1. The normalized spacial score (nSPS) is 32.5. The highest BCUT2D eigenvalue weighted by Crippen LogP contribution is 2.32. The number of phenolic OH excluding ortho intramolecular Hbond substituents is 4. The molecule has 44 heavy (non-hydrogen) atoms.